The van der Waals surface area contributed by atoms with Crippen molar-refractivity contribution >= 4 is 17.7 Å². The van der Waals surface area contributed by atoms with Crippen LogP contribution in [0.5, 0.6) is 0 Å². The van der Waals surface area contributed by atoms with Gasteiger partial charge in [-0.15, -0.1) is 10.2 Å². The van der Waals surface area contributed by atoms with Gasteiger partial charge in [0.25, 0.3) is 0 Å². The molecule has 140 valence electrons. The van der Waals surface area contributed by atoms with Crippen LogP contribution >= 0.6 is 11.8 Å². The molecule has 27 heavy (non-hydrogen) atoms. The summed E-state index contributed by atoms with van der Waals surface area (Å²) in [6, 6.07) is 16.9. The standard InChI is InChI=1S/C21H24N4OS/c1-16-7-3-5-9-18(16)15-27-21-23-22-20(24-11-13-26-14-12-24)25(21)19-10-6-4-8-17(19)2/h3-10H,11-15H2,1-2H3. The Kier molecular flexibility index (Phi) is 5.45. The molecule has 0 unspecified atom stereocenters. The average Bonchev–Trinajstić information content (AvgIpc) is 3.12. The third kappa shape index (κ3) is 3.87. The number of hydrogen-bond donors (Lipinski definition) is 0. The predicted molar refractivity (Wildman–Crippen MR) is 110 cm³/mol. The fraction of sp³-hybridized carbons (Fsp3) is 0.333. The molecule has 2 aromatic carbocycles. The molecule has 1 fully saturated rings. The van der Waals surface area contributed by atoms with Gasteiger partial charge in [-0.1, -0.05) is 54.2 Å². The maximum absolute atomic E-state index is 5.51. The molecule has 0 saturated carbocycles. The summed E-state index contributed by atoms with van der Waals surface area (Å²) in [6.07, 6.45) is 0. The van der Waals surface area contributed by atoms with Crippen molar-refractivity contribution in [1.29, 1.82) is 0 Å². The maximum atomic E-state index is 5.51. The Labute approximate surface area is 164 Å². The van der Waals surface area contributed by atoms with Gasteiger partial charge in [-0.2, -0.15) is 0 Å². The molecule has 0 N–H and O–H groups in total. The van der Waals surface area contributed by atoms with Crippen LogP contribution in [0.2, 0.25) is 0 Å². The number of anilines is 1. The maximum Gasteiger partial charge on any atom is 0.232 e. The quantitative estimate of drug-likeness (QED) is 0.626. The summed E-state index contributed by atoms with van der Waals surface area (Å²) in [6.45, 7) is 7.42. The lowest BCUT2D eigenvalue weighted by atomic mass is 10.1. The number of nitrogens with zero attached hydrogens (tertiary/aromatic N) is 4. The second-order valence-electron chi connectivity index (χ2n) is 6.72. The lowest BCUT2D eigenvalue weighted by molar-refractivity contribution is 0.122. The molecular formula is C21H24N4OS. The molecule has 5 nitrogen and oxygen atoms in total. The molecule has 1 aliphatic rings. The molecule has 1 saturated heterocycles. The van der Waals surface area contributed by atoms with Crippen molar-refractivity contribution in [3.63, 3.8) is 0 Å². The zero-order chi connectivity index (χ0) is 18.6. The highest BCUT2D eigenvalue weighted by molar-refractivity contribution is 7.98. The first kappa shape index (κ1) is 18.1. The summed E-state index contributed by atoms with van der Waals surface area (Å²) < 4.78 is 7.71. The molecule has 0 radical (unpaired) electrons. The minimum Gasteiger partial charge on any atom is -0.378 e. The summed E-state index contributed by atoms with van der Waals surface area (Å²) in [5.74, 6) is 1.78. The number of thioether (sulfide) groups is 1. The molecule has 0 atom stereocenters. The van der Waals surface area contributed by atoms with Crippen molar-refractivity contribution in [2.45, 2.75) is 24.8 Å². The Morgan fingerprint density at radius 2 is 1.63 bits per heavy atom. The molecule has 0 amide bonds. The Bertz CT molecular complexity index is 918. The van der Waals surface area contributed by atoms with Gasteiger partial charge in [-0.05, 0) is 36.6 Å². The molecule has 6 heteroatoms. The van der Waals surface area contributed by atoms with Crippen molar-refractivity contribution in [1.82, 2.24) is 14.8 Å². The lowest BCUT2D eigenvalue weighted by Gasteiger charge is -2.28. The number of rotatable bonds is 5. The van der Waals surface area contributed by atoms with Crippen molar-refractivity contribution < 1.29 is 4.74 Å². The van der Waals surface area contributed by atoms with Crippen LogP contribution in [0.15, 0.2) is 53.7 Å². The van der Waals surface area contributed by atoms with Crippen LogP contribution in [0.4, 0.5) is 5.95 Å². The molecule has 4 rings (SSSR count). The van der Waals surface area contributed by atoms with Gasteiger partial charge in [0.1, 0.15) is 0 Å². The molecule has 3 aromatic rings. The van der Waals surface area contributed by atoms with E-state index >= 15 is 0 Å². The lowest BCUT2D eigenvalue weighted by Crippen LogP contribution is -2.38. The van der Waals surface area contributed by atoms with E-state index in [0.717, 1.165) is 48.8 Å². The first-order valence-electron chi connectivity index (χ1n) is 9.25. The molecule has 1 aromatic heterocycles. The summed E-state index contributed by atoms with van der Waals surface area (Å²) in [5, 5.41) is 10.0. The summed E-state index contributed by atoms with van der Waals surface area (Å²) in [7, 11) is 0. The molecule has 2 heterocycles. The van der Waals surface area contributed by atoms with Crippen LogP contribution in [-0.4, -0.2) is 41.1 Å². The number of ether oxygens (including phenoxy) is 1. The van der Waals surface area contributed by atoms with E-state index in [0.29, 0.717) is 0 Å². The van der Waals surface area contributed by atoms with Crippen molar-refractivity contribution in [2.24, 2.45) is 0 Å². The second-order valence-corrected chi connectivity index (χ2v) is 7.66. The number of aryl methyl sites for hydroxylation is 2. The highest BCUT2D eigenvalue weighted by atomic mass is 32.2. The first-order chi connectivity index (χ1) is 13.2. The van der Waals surface area contributed by atoms with E-state index < -0.39 is 0 Å². The zero-order valence-electron chi connectivity index (χ0n) is 15.8. The predicted octanol–water partition coefficient (Wildman–Crippen LogP) is 4.01. The van der Waals surface area contributed by atoms with Gasteiger partial charge >= 0.3 is 0 Å². The smallest absolute Gasteiger partial charge is 0.232 e. The van der Waals surface area contributed by atoms with E-state index in [1.807, 2.05) is 0 Å². The number of benzene rings is 2. The monoisotopic (exact) mass is 380 g/mol. The summed E-state index contributed by atoms with van der Waals surface area (Å²) >= 11 is 1.73. The van der Waals surface area contributed by atoms with Gasteiger partial charge in [-0.3, -0.25) is 4.57 Å². The van der Waals surface area contributed by atoms with Gasteiger partial charge in [0, 0.05) is 18.8 Å². The largest absolute Gasteiger partial charge is 0.378 e. The van der Waals surface area contributed by atoms with Crippen LogP contribution in [0.3, 0.4) is 0 Å². The van der Waals surface area contributed by atoms with E-state index in [1.165, 1.54) is 16.7 Å². The molecular weight excluding hydrogens is 356 g/mol. The zero-order valence-corrected chi connectivity index (χ0v) is 16.6. The number of aromatic nitrogens is 3. The first-order valence-corrected chi connectivity index (χ1v) is 10.2. The fourth-order valence-corrected chi connectivity index (χ4v) is 4.28. The average molecular weight is 381 g/mol. The van der Waals surface area contributed by atoms with E-state index in [2.05, 4.69) is 82.0 Å². The number of para-hydroxylation sites is 1. The molecule has 0 bridgehead atoms. The van der Waals surface area contributed by atoms with Gasteiger partial charge in [-0.25, -0.2) is 0 Å². The SMILES string of the molecule is Cc1ccccc1CSc1nnc(N2CCOCC2)n1-c1ccccc1C. The minimum absolute atomic E-state index is 0.728. The Balaban J connectivity index is 1.70. The second kappa shape index (κ2) is 8.15. The highest BCUT2D eigenvalue weighted by Crippen LogP contribution is 2.31. The van der Waals surface area contributed by atoms with Gasteiger partial charge in [0.05, 0.1) is 18.9 Å². The van der Waals surface area contributed by atoms with Crippen LogP contribution in [0.1, 0.15) is 16.7 Å². The van der Waals surface area contributed by atoms with Crippen molar-refractivity contribution in [3.05, 3.63) is 65.2 Å². The number of hydrogen-bond acceptors (Lipinski definition) is 5. The normalized spacial score (nSPS) is 14.5. The highest BCUT2D eigenvalue weighted by Gasteiger charge is 2.22. The number of morpholine rings is 1. The molecule has 1 aliphatic heterocycles. The van der Waals surface area contributed by atoms with E-state index in [-0.39, 0.29) is 0 Å². The Hall–Kier alpha value is -2.31. The Morgan fingerprint density at radius 1 is 0.926 bits per heavy atom. The van der Waals surface area contributed by atoms with Crippen molar-refractivity contribution in [2.75, 3.05) is 31.2 Å². The minimum atomic E-state index is 0.728. The molecule has 0 spiro atoms. The van der Waals surface area contributed by atoms with Crippen molar-refractivity contribution in [3.8, 4) is 5.69 Å². The Morgan fingerprint density at radius 3 is 2.37 bits per heavy atom. The van der Waals surface area contributed by atoms with Crippen LogP contribution in [0.25, 0.3) is 5.69 Å². The van der Waals surface area contributed by atoms with Crippen LogP contribution < -0.4 is 4.90 Å². The summed E-state index contributed by atoms with van der Waals surface area (Å²) in [5.41, 5.74) is 4.98. The van der Waals surface area contributed by atoms with E-state index in [9.17, 15) is 0 Å². The van der Waals surface area contributed by atoms with Gasteiger partial charge in [0.15, 0.2) is 5.16 Å². The summed E-state index contributed by atoms with van der Waals surface area (Å²) in [4.78, 5) is 2.26. The van der Waals surface area contributed by atoms with Gasteiger partial charge < -0.3 is 9.64 Å². The topological polar surface area (TPSA) is 43.2 Å². The van der Waals surface area contributed by atoms with E-state index in [4.69, 9.17) is 4.74 Å². The van der Waals surface area contributed by atoms with E-state index in [1.54, 1.807) is 11.8 Å². The van der Waals surface area contributed by atoms with Crippen LogP contribution in [0, 0.1) is 13.8 Å². The third-order valence-electron chi connectivity index (χ3n) is 4.88. The third-order valence-corrected chi connectivity index (χ3v) is 5.86. The fourth-order valence-electron chi connectivity index (χ4n) is 3.26. The van der Waals surface area contributed by atoms with Crippen LogP contribution in [-0.2, 0) is 10.5 Å². The molecule has 0 aliphatic carbocycles. The van der Waals surface area contributed by atoms with Gasteiger partial charge in [0.2, 0.25) is 5.95 Å².